The van der Waals surface area contributed by atoms with Crippen molar-refractivity contribution >= 4 is 23.6 Å². The molecule has 0 atom stereocenters. The largest absolute Gasteiger partial charge is 0.176 e. The summed E-state index contributed by atoms with van der Waals surface area (Å²) in [5.41, 5.74) is 5.96. The molecule has 0 heterocycles. The van der Waals surface area contributed by atoms with Crippen molar-refractivity contribution in [1.29, 1.82) is 0 Å². The van der Waals surface area contributed by atoms with Gasteiger partial charge in [0.1, 0.15) is 0 Å². The maximum atomic E-state index is 2.49. The lowest BCUT2D eigenvalue weighted by Gasteiger charge is -2.37. The molecule has 4 rings (SSSR count). The number of hydrogen-bond donors (Lipinski definition) is 0. The van der Waals surface area contributed by atoms with Gasteiger partial charge in [0, 0.05) is 0 Å². The Morgan fingerprint density at radius 2 is 0.895 bits per heavy atom. The summed E-state index contributed by atoms with van der Waals surface area (Å²) in [7, 11) is -2.42. The van der Waals surface area contributed by atoms with E-state index in [4.69, 9.17) is 0 Å². The van der Waals surface area contributed by atoms with E-state index in [9.17, 15) is 0 Å². The zero-order valence-corrected chi connectivity index (χ0v) is 25.4. The zero-order chi connectivity index (χ0) is 26.8. The second kappa shape index (κ2) is 13.9. The standard InChI is InChI=1S/C37H48Si/c1-5-9-13-30-18-24-34(25-19-30)38(37-17-12-16-33(37)8-4,35-26-20-31(21-27-35)14-10-6-2)36-28-22-32(23-29-36)15-11-7-3/h12,16,18-29H,5-11,13-15,17H2,1-4H3. The van der Waals surface area contributed by atoms with E-state index in [-0.39, 0.29) is 0 Å². The number of allylic oxidation sites excluding steroid dienone is 4. The fraction of sp³-hybridized carbons (Fsp3) is 0.405. The molecular formula is C37H48Si. The van der Waals surface area contributed by atoms with Crippen molar-refractivity contribution in [2.75, 3.05) is 0 Å². The van der Waals surface area contributed by atoms with Gasteiger partial charge in [-0.1, -0.05) is 143 Å². The van der Waals surface area contributed by atoms with Crippen LogP contribution in [0.4, 0.5) is 0 Å². The molecule has 38 heavy (non-hydrogen) atoms. The van der Waals surface area contributed by atoms with Gasteiger partial charge in [-0.2, -0.15) is 0 Å². The summed E-state index contributed by atoms with van der Waals surface area (Å²) < 4.78 is 0. The number of unbranched alkanes of at least 4 members (excludes halogenated alkanes) is 3. The summed E-state index contributed by atoms with van der Waals surface area (Å²) in [4.78, 5) is 0. The molecule has 0 radical (unpaired) electrons. The predicted molar refractivity (Wildman–Crippen MR) is 171 cm³/mol. The number of rotatable bonds is 14. The van der Waals surface area contributed by atoms with Crippen LogP contribution in [0.3, 0.4) is 0 Å². The van der Waals surface area contributed by atoms with Crippen LogP contribution < -0.4 is 15.6 Å². The average molecular weight is 521 g/mol. The van der Waals surface area contributed by atoms with Gasteiger partial charge in [-0.15, -0.1) is 0 Å². The first-order valence-corrected chi connectivity index (χ1v) is 17.3. The smallest absolute Gasteiger partial charge is 0.0805 e. The maximum absolute atomic E-state index is 2.49. The van der Waals surface area contributed by atoms with Gasteiger partial charge in [-0.3, -0.25) is 0 Å². The Bertz CT molecular complexity index is 1070. The third-order valence-corrected chi connectivity index (χ3v) is 13.5. The highest BCUT2D eigenvalue weighted by Crippen LogP contribution is 2.31. The van der Waals surface area contributed by atoms with Crippen LogP contribution in [0.2, 0.25) is 0 Å². The van der Waals surface area contributed by atoms with Gasteiger partial charge < -0.3 is 0 Å². The molecule has 3 aromatic carbocycles. The first kappa shape index (κ1) is 28.4. The van der Waals surface area contributed by atoms with Crippen molar-refractivity contribution < 1.29 is 0 Å². The Kier molecular flexibility index (Phi) is 10.4. The van der Waals surface area contributed by atoms with Crippen LogP contribution in [-0.2, 0) is 19.3 Å². The Morgan fingerprint density at radius 3 is 1.21 bits per heavy atom. The van der Waals surface area contributed by atoms with E-state index in [0.717, 1.165) is 12.8 Å². The third kappa shape index (κ3) is 6.15. The molecule has 1 aliphatic carbocycles. The lowest BCUT2D eigenvalue weighted by molar-refractivity contribution is 0.795. The molecule has 3 aromatic rings. The second-order valence-corrected chi connectivity index (χ2v) is 15.0. The predicted octanol–water partition coefficient (Wildman–Crippen LogP) is 8.39. The van der Waals surface area contributed by atoms with Crippen LogP contribution in [0.25, 0.3) is 0 Å². The second-order valence-electron chi connectivity index (χ2n) is 11.1. The molecule has 200 valence electrons. The summed E-state index contributed by atoms with van der Waals surface area (Å²) >= 11 is 0. The Hall–Kier alpha value is -2.64. The molecule has 0 fully saturated rings. The highest BCUT2D eigenvalue weighted by Gasteiger charge is 2.44. The zero-order valence-electron chi connectivity index (χ0n) is 24.4. The van der Waals surface area contributed by atoms with Gasteiger partial charge in [-0.05, 0) is 83.6 Å². The van der Waals surface area contributed by atoms with Gasteiger partial charge in [0.2, 0.25) is 0 Å². The van der Waals surface area contributed by atoms with Gasteiger partial charge in [0.15, 0.2) is 8.07 Å². The monoisotopic (exact) mass is 520 g/mol. The van der Waals surface area contributed by atoms with Crippen molar-refractivity contribution in [2.45, 2.75) is 98.3 Å². The van der Waals surface area contributed by atoms with Crippen LogP contribution in [0.1, 0.15) is 95.8 Å². The van der Waals surface area contributed by atoms with Crippen LogP contribution in [-0.4, -0.2) is 8.07 Å². The fourth-order valence-corrected chi connectivity index (χ4v) is 11.4. The first-order valence-electron chi connectivity index (χ1n) is 15.3. The third-order valence-electron chi connectivity index (χ3n) is 8.48. The van der Waals surface area contributed by atoms with Crippen molar-refractivity contribution in [3.05, 3.63) is 112 Å². The molecule has 0 spiro atoms. The van der Waals surface area contributed by atoms with Crippen LogP contribution in [0.5, 0.6) is 0 Å². The topological polar surface area (TPSA) is 0 Å². The van der Waals surface area contributed by atoms with E-state index in [1.807, 2.05) is 0 Å². The molecule has 1 aliphatic rings. The van der Waals surface area contributed by atoms with Gasteiger partial charge in [0.05, 0.1) is 0 Å². The SMILES string of the molecule is CCCCc1ccc([Si](C2=C(CC)C=CC2)(c2ccc(CCCC)cc2)c2ccc(CCCC)cc2)cc1. The minimum atomic E-state index is -2.42. The quantitative estimate of drug-likeness (QED) is 0.148. The van der Waals surface area contributed by atoms with Crippen LogP contribution >= 0.6 is 0 Å². The first-order chi connectivity index (χ1) is 18.7. The summed E-state index contributed by atoms with van der Waals surface area (Å²) in [5.74, 6) is 0. The van der Waals surface area contributed by atoms with E-state index in [1.54, 1.807) is 10.8 Å². The number of hydrogen-bond acceptors (Lipinski definition) is 0. The number of aryl methyl sites for hydroxylation is 3. The summed E-state index contributed by atoms with van der Waals surface area (Å²) in [6.45, 7) is 9.19. The number of benzene rings is 3. The van der Waals surface area contributed by atoms with Gasteiger partial charge in [-0.25, -0.2) is 0 Å². The van der Waals surface area contributed by atoms with E-state index >= 15 is 0 Å². The van der Waals surface area contributed by atoms with E-state index in [1.165, 1.54) is 90.0 Å². The Morgan fingerprint density at radius 1 is 0.526 bits per heavy atom. The average Bonchev–Trinajstić information content (AvgIpc) is 3.45. The van der Waals surface area contributed by atoms with Crippen LogP contribution in [0, 0.1) is 0 Å². The molecule has 0 nitrogen and oxygen atoms in total. The van der Waals surface area contributed by atoms with Crippen molar-refractivity contribution in [3.8, 4) is 0 Å². The van der Waals surface area contributed by atoms with Crippen molar-refractivity contribution in [3.63, 3.8) is 0 Å². The van der Waals surface area contributed by atoms with Crippen LogP contribution in [0.15, 0.2) is 95.7 Å². The molecule has 0 saturated heterocycles. The van der Waals surface area contributed by atoms with Gasteiger partial charge >= 0.3 is 0 Å². The molecule has 0 unspecified atom stereocenters. The highest BCUT2D eigenvalue weighted by molar-refractivity contribution is 7.16. The summed E-state index contributed by atoms with van der Waals surface area (Å²) in [6.07, 6.45) is 18.0. The molecule has 0 aromatic heterocycles. The summed E-state index contributed by atoms with van der Waals surface area (Å²) in [5, 5.41) is 6.28. The van der Waals surface area contributed by atoms with E-state index in [2.05, 4.69) is 113 Å². The fourth-order valence-electron chi connectivity index (χ4n) is 6.21. The normalized spacial score (nSPS) is 13.5. The molecule has 1 heteroatoms. The molecule has 0 aliphatic heterocycles. The lowest BCUT2D eigenvalue weighted by atomic mass is 10.1. The summed E-state index contributed by atoms with van der Waals surface area (Å²) in [6, 6.07) is 29.5. The van der Waals surface area contributed by atoms with Crippen molar-refractivity contribution in [2.24, 2.45) is 0 Å². The Labute approximate surface area is 233 Å². The molecule has 0 N–H and O–H groups in total. The Balaban J connectivity index is 1.92. The molecule has 0 saturated carbocycles. The minimum absolute atomic E-state index is 1.07. The minimum Gasteiger partial charge on any atom is -0.0805 e. The maximum Gasteiger partial charge on any atom is 0.176 e. The molecule has 0 bridgehead atoms. The van der Waals surface area contributed by atoms with Gasteiger partial charge in [0.25, 0.3) is 0 Å². The lowest BCUT2D eigenvalue weighted by Crippen LogP contribution is -2.68. The molecular weight excluding hydrogens is 472 g/mol. The van der Waals surface area contributed by atoms with E-state index < -0.39 is 8.07 Å². The highest BCUT2D eigenvalue weighted by atomic mass is 28.3. The van der Waals surface area contributed by atoms with E-state index in [0.29, 0.717) is 0 Å². The molecule has 0 amide bonds. The van der Waals surface area contributed by atoms with Crippen molar-refractivity contribution in [1.82, 2.24) is 0 Å².